The summed E-state index contributed by atoms with van der Waals surface area (Å²) in [7, 11) is 1.58. The van der Waals surface area contributed by atoms with Crippen LogP contribution >= 0.6 is 0 Å². The molecule has 1 N–H and O–H groups in total. The maximum atomic E-state index is 13.7. The molecule has 0 unspecified atom stereocenters. The Morgan fingerprint density at radius 2 is 1.48 bits per heavy atom. The summed E-state index contributed by atoms with van der Waals surface area (Å²) in [6.07, 6.45) is 0. The number of benzene rings is 3. The van der Waals surface area contributed by atoms with E-state index in [-0.39, 0.29) is 18.4 Å². The second-order valence-electron chi connectivity index (χ2n) is 8.52. The zero-order chi connectivity index (χ0) is 23.7. The first-order chi connectivity index (χ1) is 15.8. The number of nitrogens with zero attached hydrogens (tertiary/aromatic N) is 1. The highest BCUT2D eigenvalue weighted by molar-refractivity contribution is 6.36. The molecule has 0 aliphatic carbocycles. The first kappa shape index (κ1) is 22.3. The highest BCUT2D eigenvalue weighted by atomic mass is 16.5. The molecule has 4 rings (SSSR count). The van der Waals surface area contributed by atoms with E-state index in [4.69, 9.17) is 4.74 Å². The fourth-order valence-electron chi connectivity index (χ4n) is 4.27. The van der Waals surface area contributed by atoms with Crippen molar-refractivity contribution in [2.24, 2.45) is 0 Å². The van der Waals surface area contributed by atoms with E-state index in [0.29, 0.717) is 17.0 Å². The minimum absolute atomic E-state index is 0.133. The van der Waals surface area contributed by atoms with Crippen LogP contribution in [-0.2, 0) is 16.1 Å². The summed E-state index contributed by atoms with van der Waals surface area (Å²) in [6.45, 7) is 8.12. The lowest BCUT2D eigenvalue weighted by Gasteiger charge is -2.17. The van der Waals surface area contributed by atoms with Crippen molar-refractivity contribution in [3.63, 3.8) is 0 Å². The first-order valence-corrected chi connectivity index (χ1v) is 10.9. The quantitative estimate of drug-likeness (QED) is 0.527. The molecule has 168 valence electrons. The van der Waals surface area contributed by atoms with E-state index in [1.807, 2.05) is 88.4 Å². The van der Waals surface area contributed by atoms with Crippen molar-refractivity contribution in [3.8, 4) is 5.75 Å². The van der Waals surface area contributed by atoms with E-state index in [9.17, 15) is 9.59 Å². The predicted molar refractivity (Wildman–Crippen MR) is 131 cm³/mol. The van der Waals surface area contributed by atoms with Gasteiger partial charge < -0.3 is 10.1 Å². The minimum atomic E-state index is -0.346. The maximum Gasteiger partial charge on any atom is 0.278 e. The van der Waals surface area contributed by atoms with Gasteiger partial charge in [0, 0.05) is 11.3 Å². The van der Waals surface area contributed by atoms with Crippen LogP contribution in [-0.4, -0.2) is 23.8 Å². The molecule has 3 aromatic carbocycles. The van der Waals surface area contributed by atoms with Crippen LogP contribution in [0.2, 0.25) is 0 Å². The Labute approximate surface area is 194 Å². The third-order valence-electron chi connectivity index (χ3n) is 5.98. The molecule has 5 nitrogen and oxygen atoms in total. The van der Waals surface area contributed by atoms with Gasteiger partial charge in [-0.15, -0.1) is 0 Å². The summed E-state index contributed by atoms with van der Waals surface area (Å²) in [6, 6.07) is 19.3. The number of rotatable bonds is 6. The van der Waals surface area contributed by atoms with Crippen LogP contribution in [0.4, 0.5) is 5.69 Å². The van der Waals surface area contributed by atoms with Gasteiger partial charge >= 0.3 is 0 Å². The first-order valence-electron chi connectivity index (χ1n) is 10.9. The van der Waals surface area contributed by atoms with Gasteiger partial charge in [0.25, 0.3) is 11.8 Å². The van der Waals surface area contributed by atoms with E-state index in [0.717, 1.165) is 39.1 Å². The van der Waals surface area contributed by atoms with Crippen molar-refractivity contribution in [3.05, 3.63) is 99.7 Å². The minimum Gasteiger partial charge on any atom is -0.496 e. The summed E-state index contributed by atoms with van der Waals surface area (Å²) >= 11 is 0. The molecule has 33 heavy (non-hydrogen) atoms. The number of para-hydroxylation sites is 1. The second-order valence-corrected chi connectivity index (χ2v) is 8.52. The fraction of sp³-hybridized carbons (Fsp3) is 0.214. The smallest absolute Gasteiger partial charge is 0.278 e. The lowest BCUT2D eigenvalue weighted by Crippen LogP contribution is -2.32. The van der Waals surface area contributed by atoms with Crippen molar-refractivity contribution in [2.45, 2.75) is 34.2 Å². The summed E-state index contributed by atoms with van der Waals surface area (Å²) in [5.41, 5.74) is 7.22. The molecule has 0 bridgehead atoms. The Morgan fingerprint density at radius 3 is 2.15 bits per heavy atom. The SMILES string of the molecule is COc1ccccc1CN1C(=O)C(Nc2ccc(C)cc2C)=C(c2ccc(C)cc2C)C1=O. The predicted octanol–water partition coefficient (Wildman–Crippen LogP) is 5.32. The largest absolute Gasteiger partial charge is 0.496 e. The summed E-state index contributed by atoms with van der Waals surface area (Å²) in [5, 5.41) is 3.29. The van der Waals surface area contributed by atoms with Gasteiger partial charge in [0.05, 0.1) is 19.2 Å². The molecule has 0 aromatic heterocycles. The molecule has 0 saturated heterocycles. The number of ether oxygens (including phenoxy) is 1. The van der Waals surface area contributed by atoms with Gasteiger partial charge in [0.15, 0.2) is 0 Å². The third-order valence-corrected chi connectivity index (χ3v) is 5.98. The molecule has 3 aromatic rings. The van der Waals surface area contributed by atoms with Gasteiger partial charge in [-0.05, 0) is 56.5 Å². The summed E-state index contributed by atoms with van der Waals surface area (Å²) in [4.78, 5) is 28.6. The number of hydrogen-bond acceptors (Lipinski definition) is 4. The molecular formula is C28H28N2O3. The monoisotopic (exact) mass is 440 g/mol. The van der Waals surface area contributed by atoms with Gasteiger partial charge in [-0.1, -0.05) is 59.7 Å². The number of aryl methyl sites for hydroxylation is 4. The van der Waals surface area contributed by atoms with Crippen molar-refractivity contribution in [1.29, 1.82) is 0 Å². The number of nitrogens with one attached hydrogen (secondary N) is 1. The Hall–Kier alpha value is -3.86. The lowest BCUT2D eigenvalue weighted by molar-refractivity contribution is -0.137. The Kier molecular flexibility index (Phi) is 6.05. The molecule has 0 radical (unpaired) electrons. The summed E-state index contributed by atoms with van der Waals surface area (Å²) in [5.74, 6) is -0.0204. The molecule has 2 amide bonds. The van der Waals surface area contributed by atoms with Gasteiger partial charge in [-0.3, -0.25) is 14.5 Å². The third kappa shape index (κ3) is 4.27. The number of carbonyl (C=O) groups is 2. The molecular weight excluding hydrogens is 412 g/mol. The summed E-state index contributed by atoms with van der Waals surface area (Å²) < 4.78 is 5.44. The Bertz CT molecular complexity index is 1290. The molecule has 0 atom stereocenters. The highest BCUT2D eigenvalue weighted by Crippen LogP contribution is 2.35. The van der Waals surface area contributed by atoms with E-state index in [1.165, 1.54) is 4.90 Å². The number of amides is 2. The van der Waals surface area contributed by atoms with Crippen LogP contribution in [0.15, 0.2) is 66.4 Å². The van der Waals surface area contributed by atoms with Crippen LogP contribution in [0, 0.1) is 27.7 Å². The lowest BCUT2D eigenvalue weighted by atomic mass is 9.97. The molecule has 1 aliphatic heterocycles. The van der Waals surface area contributed by atoms with Gasteiger partial charge in [0.1, 0.15) is 11.4 Å². The maximum absolute atomic E-state index is 13.7. The van der Waals surface area contributed by atoms with Crippen LogP contribution in [0.1, 0.15) is 33.4 Å². The van der Waals surface area contributed by atoms with Gasteiger partial charge in [-0.2, -0.15) is 0 Å². The normalized spacial score (nSPS) is 13.7. The van der Waals surface area contributed by atoms with Gasteiger partial charge in [0.2, 0.25) is 0 Å². The zero-order valence-corrected chi connectivity index (χ0v) is 19.7. The van der Waals surface area contributed by atoms with Crippen molar-refractivity contribution < 1.29 is 14.3 Å². The van der Waals surface area contributed by atoms with Crippen LogP contribution in [0.3, 0.4) is 0 Å². The topological polar surface area (TPSA) is 58.6 Å². The molecule has 1 heterocycles. The number of hydrogen-bond donors (Lipinski definition) is 1. The Morgan fingerprint density at radius 1 is 0.818 bits per heavy atom. The zero-order valence-electron chi connectivity index (χ0n) is 19.7. The second kappa shape index (κ2) is 8.94. The number of imide groups is 1. The molecule has 0 saturated carbocycles. The standard InChI is InChI=1S/C28H28N2O3/c1-17-10-12-22(19(3)14-17)25-26(29-23-13-11-18(2)15-20(23)4)28(32)30(27(25)31)16-21-8-6-7-9-24(21)33-5/h6-15,29H,16H2,1-5H3. The van der Waals surface area contributed by atoms with Crippen molar-refractivity contribution in [1.82, 2.24) is 4.90 Å². The average molecular weight is 441 g/mol. The number of carbonyl (C=O) groups excluding carboxylic acids is 2. The van der Waals surface area contributed by atoms with E-state index >= 15 is 0 Å². The highest BCUT2D eigenvalue weighted by Gasteiger charge is 2.40. The van der Waals surface area contributed by atoms with E-state index in [1.54, 1.807) is 7.11 Å². The Balaban J connectivity index is 1.80. The number of methoxy groups -OCH3 is 1. The fourth-order valence-corrected chi connectivity index (χ4v) is 4.27. The van der Waals surface area contributed by atoms with Crippen LogP contribution < -0.4 is 10.1 Å². The van der Waals surface area contributed by atoms with Crippen molar-refractivity contribution in [2.75, 3.05) is 12.4 Å². The molecule has 0 fully saturated rings. The van der Waals surface area contributed by atoms with Crippen LogP contribution in [0.25, 0.3) is 5.57 Å². The van der Waals surface area contributed by atoms with E-state index < -0.39 is 0 Å². The van der Waals surface area contributed by atoms with Gasteiger partial charge in [-0.25, -0.2) is 0 Å². The average Bonchev–Trinajstić information content (AvgIpc) is 3.00. The molecule has 1 aliphatic rings. The van der Waals surface area contributed by atoms with Crippen LogP contribution in [0.5, 0.6) is 5.75 Å². The number of anilines is 1. The molecule has 0 spiro atoms. The molecule has 5 heteroatoms. The van der Waals surface area contributed by atoms with E-state index in [2.05, 4.69) is 5.32 Å². The van der Waals surface area contributed by atoms with Crippen molar-refractivity contribution >= 4 is 23.1 Å².